The molecule has 0 heterocycles. The van der Waals surface area contributed by atoms with Gasteiger partial charge < -0.3 is 16.0 Å². The van der Waals surface area contributed by atoms with Crippen molar-refractivity contribution in [3.8, 4) is 0 Å². The van der Waals surface area contributed by atoms with E-state index in [0.717, 1.165) is 0 Å². The van der Waals surface area contributed by atoms with Crippen molar-refractivity contribution in [1.29, 1.82) is 0 Å². The van der Waals surface area contributed by atoms with E-state index in [9.17, 15) is 14.0 Å². The molecular formula is C15H22FN3O2. The van der Waals surface area contributed by atoms with Crippen LogP contribution in [0.2, 0.25) is 0 Å². The number of likely N-dealkylation sites (N-methyl/N-ethyl adjacent to an activating group) is 1. The van der Waals surface area contributed by atoms with Gasteiger partial charge in [-0.2, -0.15) is 0 Å². The molecule has 2 amide bonds. The summed E-state index contributed by atoms with van der Waals surface area (Å²) in [5, 5.41) is 8.23. The first kappa shape index (κ1) is 17.1. The lowest BCUT2D eigenvalue weighted by Gasteiger charge is -2.21. The number of carbonyl (C=O) groups is 2. The van der Waals surface area contributed by atoms with Crippen molar-refractivity contribution in [2.75, 3.05) is 20.1 Å². The second-order valence-electron chi connectivity index (χ2n) is 5.07. The zero-order valence-corrected chi connectivity index (χ0v) is 12.6. The molecule has 5 nitrogen and oxygen atoms in total. The van der Waals surface area contributed by atoms with Crippen LogP contribution in [0.1, 0.15) is 24.2 Å². The second-order valence-corrected chi connectivity index (χ2v) is 5.07. The highest BCUT2D eigenvalue weighted by Gasteiger charge is 2.25. The van der Waals surface area contributed by atoms with Crippen LogP contribution in [-0.4, -0.2) is 38.0 Å². The summed E-state index contributed by atoms with van der Waals surface area (Å²) in [7, 11) is 1.78. The van der Waals surface area contributed by atoms with Crippen molar-refractivity contribution in [3.05, 3.63) is 35.6 Å². The first-order valence-corrected chi connectivity index (χ1v) is 6.95. The van der Waals surface area contributed by atoms with Gasteiger partial charge in [0.15, 0.2) is 0 Å². The number of benzene rings is 1. The minimum absolute atomic E-state index is 0.0637. The second kappa shape index (κ2) is 8.36. The molecule has 0 spiro atoms. The fourth-order valence-electron chi connectivity index (χ4n) is 1.82. The SMILES string of the molecule is CNCCNC(=O)C(NC(=O)c1ccccc1F)C(C)C. The van der Waals surface area contributed by atoms with Crippen LogP contribution in [0.15, 0.2) is 24.3 Å². The van der Waals surface area contributed by atoms with Gasteiger partial charge in [0.2, 0.25) is 5.91 Å². The topological polar surface area (TPSA) is 70.2 Å². The van der Waals surface area contributed by atoms with Crippen LogP contribution in [0.3, 0.4) is 0 Å². The first-order chi connectivity index (χ1) is 9.97. The number of amides is 2. The van der Waals surface area contributed by atoms with Crippen LogP contribution in [0, 0.1) is 11.7 Å². The van der Waals surface area contributed by atoms with Crippen LogP contribution >= 0.6 is 0 Å². The van der Waals surface area contributed by atoms with Gasteiger partial charge in [-0.1, -0.05) is 26.0 Å². The molecule has 0 aliphatic heterocycles. The third-order valence-corrected chi connectivity index (χ3v) is 3.03. The van der Waals surface area contributed by atoms with Gasteiger partial charge in [0.25, 0.3) is 5.91 Å². The molecule has 1 aromatic carbocycles. The zero-order valence-electron chi connectivity index (χ0n) is 12.6. The minimum Gasteiger partial charge on any atom is -0.353 e. The molecular weight excluding hydrogens is 273 g/mol. The summed E-state index contributed by atoms with van der Waals surface area (Å²) in [5.41, 5.74) is -0.0637. The van der Waals surface area contributed by atoms with E-state index in [1.807, 2.05) is 13.8 Å². The van der Waals surface area contributed by atoms with E-state index >= 15 is 0 Å². The van der Waals surface area contributed by atoms with Crippen LogP contribution in [0.4, 0.5) is 4.39 Å². The lowest BCUT2D eigenvalue weighted by atomic mass is 10.0. The largest absolute Gasteiger partial charge is 0.353 e. The van der Waals surface area contributed by atoms with Gasteiger partial charge in [0, 0.05) is 13.1 Å². The van der Waals surface area contributed by atoms with E-state index in [2.05, 4.69) is 16.0 Å². The molecule has 0 aliphatic carbocycles. The summed E-state index contributed by atoms with van der Waals surface area (Å²) in [6.07, 6.45) is 0. The van der Waals surface area contributed by atoms with E-state index in [1.54, 1.807) is 13.1 Å². The molecule has 1 rings (SSSR count). The standard InChI is InChI=1S/C15H22FN3O2/c1-10(2)13(15(21)18-9-8-17-3)19-14(20)11-6-4-5-7-12(11)16/h4-7,10,13,17H,8-9H2,1-3H3,(H,18,21)(H,19,20). The number of halogens is 1. The summed E-state index contributed by atoms with van der Waals surface area (Å²) in [6, 6.07) is 4.99. The molecule has 1 atom stereocenters. The highest BCUT2D eigenvalue weighted by atomic mass is 19.1. The Bertz CT molecular complexity index is 492. The minimum atomic E-state index is -0.700. The van der Waals surface area contributed by atoms with Gasteiger partial charge in [0.1, 0.15) is 11.9 Å². The van der Waals surface area contributed by atoms with E-state index in [-0.39, 0.29) is 17.4 Å². The average molecular weight is 295 g/mol. The summed E-state index contributed by atoms with van der Waals surface area (Å²) in [6.45, 7) is 4.75. The van der Waals surface area contributed by atoms with Gasteiger partial charge in [-0.05, 0) is 25.1 Å². The van der Waals surface area contributed by atoms with Crippen molar-refractivity contribution >= 4 is 11.8 Å². The monoisotopic (exact) mass is 295 g/mol. The quantitative estimate of drug-likeness (QED) is 0.655. The molecule has 0 radical (unpaired) electrons. The highest BCUT2D eigenvalue weighted by Crippen LogP contribution is 2.08. The number of rotatable bonds is 7. The molecule has 1 unspecified atom stereocenters. The van der Waals surface area contributed by atoms with Crippen molar-refractivity contribution in [1.82, 2.24) is 16.0 Å². The zero-order chi connectivity index (χ0) is 15.8. The van der Waals surface area contributed by atoms with Crippen LogP contribution in [0.25, 0.3) is 0 Å². The molecule has 3 N–H and O–H groups in total. The Morgan fingerprint density at radius 2 is 1.86 bits per heavy atom. The highest BCUT2D eigenvalue weighted by molar-refractivity contribution is 5.97. The van der Waals surface area contributed by atoms with Crippen molar-refractivity contribution in [2.45, 2.75) is 19.9 Å². The number of hydrogen-bond donors (Lipinski definition) is 3. The fraction of sp³-hybridized carbons (Fsp3) is 0.467. The lowest BCUT2D eigenvalue weighted by molar-refractivity contribution is -0.123. The molecule has 21 heavy (non-hydrogen) atoms. The third kappa shape index (κ3) is 5.15. The summed E-state index contributed by atoms with van der Waals surface area (Å²) >= 11 is 0. The van der Waals surface area contributed by atoms with Crippen molar-refractivity contribution in [3.63, 3.8) is 0 Å². The van der Waals surface area contributed by atoms with Gasteiger partial charge in [-0.3, -0.25) is 9.59 Å². The Balaban J connectivity index is 2.72. The van der Waals surface area contributed by atoms with Crippen LogP contribution in [0.5, 0.6) is 0 Å². The van der Waals surface area contributed by atoms with E-state index in [4.69, 9.17) is 0 Å². The van der Waals surface area contributed by atoms with Gasteiger partial charge in [-0.15, -0.1) is 0 Å². The summed E-state index contributed by atoms with van der Waals surface area (Å²) < 4.78 is 13.6. The molecule has 0 saturated heterocycles. The Hall–Kier alpha value is -1.95. The molecule has 0 aromatic heterocycles. The van der Waals surface area contributed by atoms with Crippen LogP contribution in [-0.2, 0) is 4.79 Å². The Labute approximate surface area is 124 Å². The molecule has 116 valence electrons. The molecule has 0 bridgehead atoms. The number of hydrogen-bond acceptors (Lipinski definition) is 3. The van der Waals surface area contributed by atoms with E-state index < -0.39 is 17.8 Å². The molecule has 0 saturated carbocycles. The maximum Gasteiger partial charge on any atom is 0.254 e. The predicted molar refractivity (Wildman–Crippen MR) is 79.4 cm³/mol. The first-order valence-electron chi connectivity index (χ1n) is 6.95. The number of nitrogens with one attached hydrogen (secondary N) is 3. The van der Waals surface area contributed by atoms with Crippen LogP contribution < -0.4 is 16.0 Å². The molecule has 6 heteroatoms. The maximum atomic E-state index is 13.6. The summed E-state index contributed by atoms with van der Waals surface area (Å²) in [5.74, 6) is -1.57. The van der Waals surface area contributed by atoms with Crippen molar-refractivity contribution < 1.29 is 14.0 Å². The lowest BCUT2D eigenvalue weighted by Crippen LogP contribution is -2.50. The molecule has 1 aromatic rings. The van der Waals surface area contributed by atoms with Gasteiger partial charge in [-0.25, -0.2) is 4.39 Å². The smallest absolute Gasteiger partial charge is 0.254 e. The Morgan fingerprint density at radius 1 is 1.19 bits per heavy atom. The molecule has 0 aliphatic rings. The van der Waals surface area contributed by atoms with E-state index in [1.165, 1.54) is 18.2 Å². The Morgan fingerprint density at radius 3 is 2.43 bits per heavy atom. The van der Waals surface area contributed by atoms with Gasteiger partial charge in [0.05, 0.1) is 5.56 Å². The number of carbonyl (C=O) groups excluding carboxylic acids is 2. The Kier molecular flexibility index (Phi) is 6.81. The fourth-order valence-corrected chi connectivity index (χ4v) is 1.82. The molecule has 0 fully saturated rings. The van der Waals surface area contributed by atoms with Gasteiger partial charge >= 0.3 is 0 Å². The van der Waals surface area contributed by atoms with Crippen molar-refractivity contribution in [2.24, 2.45) is 5.92 Å². The predicted octanol–water partition coefficient (Wildman–Crippen LogP) is 0.916. The maximum absolute atomic E-state index is 13.6. The van der Waals surface area contributed by atoms with E-state index in [0.29, 0.717) is 13.1 Å². The normalized spacial score (nSPS) is 12.0. The third-order valence-electron chi connectivity index (χ3n) is 3.03. The average Bonchev–Trinajstić information content (AvgIpc) is 2.44. The summed E-state index contributed by atoms with van der Waals surface area (Å²) in [4.78, 5) is 24.1.